The summed E-state index contributed by atoms with van der Waals surface area (Å²) in [6.07, 6.45) is 1.02. The molecule has 2 N–H and O–H groups in total. The second-order valence-corrected chi connectivity index (χ2v) is 2.50. The van der Waals surface area contributed by atoms with Gasteiger partial charge >= 0.3 is 65.1 Å². The van der Waals surface area contributed by atoms with E-state index >= 15 is 0 Å². The van der Waals surface area contributed by atoms with Gasteiger partial charge in [-0.25, -0.2) is 4.79 Å². The van der Waals surface area contributed by atoms with Crippen LogP contribution in [0.2, 0.25) is 0 Å². The largest absolute Gasteiger partial charge is 1.00 e. The average Bonchev–Trinajstić information content (AvgIpc) is 2.50. The van der Waals surface area contributed by atoms with Crippen LogP contribution in [0.3, 0.4) is 0 Å². The van der Waals surface area contributed by atoms with Crippen molar-refractivity contribution in [2.75, 3.05) is 6.54 Å². The van der Waals surface area contributed by atoms with E-state index in [0.29, 0.717) is 19.4 Å². The van der Waals surface area contributed by atoms with Crippen molar-refractivity contribution in [1.29, 1.82) is 0 Å². The standard InChI is InChI=1S/C5H9N3O4.2Na.2H/c9-5(10)4-2-1-3-7(4)8(12)6-11;;;;/h4,11H,1-3H2,(H,9,10);;;;/q;2*+1;2*-1/t4-;;;;/m0..../s1. The molecule has 1 rings (SSSR count). The summed E-state index contributed by atoms with van der Waals surface area (Å²) in [6.45, 7) is 0.310. The first-order valence-corrected chi connectivity index (χ1v) is 3.48. The van der Waals surface area contributed by atoms with E-state index in [1.807, 2.05) is 0 Å². The van der Waals surface area contributed by atoms with Gasteiger partial charge in [0.05, 0.1) is 11.5 Å². The Labute approximate surface area is 128 Å². The molecule has 1 heterocycles. The third-order valence-corrected chi connectivity index (χ3v) is 1.81. The van der Waals surface area contributed by atoms with Gasteiger partial charge in [0.1, 0.15) is 0 Å². The van der Waals surface area contributed by atoms with Gasteiger partial charge in [0, 0.05) is 0 Å². The van der Waals surface area contributed by atoms with E-state index in [-0.39, 0.29) is 66.9 Å². The van der Waals surface area contributed by atoms with Crippen LogP contribution in [0, 0.1) is 5.21 Å². The number of nitrogens with zero attached hydrogens (tertiary/aromatic N) is 3. The van der Waals surface area contributed by atoms with E-state index in [1.54, 1.807) is 0 Å². The Morgan fingerprint density at radius 3 is 2.64 bits per heavy atom. The summed E-state index contributed by atoms with van der Waals surface area (Å²) >= 11 is 0. The first-order chi connectivity index (χ1) is 5.66. The zero-order valence-corrected chi connectivity index (χ0v) is 12.3. The third-order valence-electron chi connectivity index (χ3n) is 1.81. The van der Waals surface area contributed by atoms with Crippen molar-refractivity contribution in [3.63, 3.8) is 0 Å². The van der Waals surface area contributed by atoms with Crippen LogP contribution in [0.4, 0.5) is 0 Å². The van der Waals surface area contributed by atoms with Crippen LogP contribution in [0.25, 0.3) is 0 Å². The van der Waals surface area contributed by atoms with Crippen molar-refractivity contribution < 1.29 is 82.0 Å². The minimum atomic E-state index is -1.07. The Bertz CT molecular complexity index is 234. The summed E-state index contributed by atoms with van der Waals surface area (Å²) in [4.78, 5) is 10.4. The van der Waals surface area contributed by atoms with Gasteiger partial charge in [-0.05, 0) is 12.8 Å². The Kier molecular flexibility index (Phi) is 9.31. The van der Waals surface area contributed by atoms with Crippen LogP contribution in [0.1, 0.15) is 15.7 Å². The number of rotatable bonds is 2. The second-order valence-electron chi connectivity index (χ2n) is 2.50. The van der Waals surface area contributed by atoms with Crippen molar-refractivity contribution in [3.05, 3.63) is 5.21 Å². The zero-order chi connectivity index (χ0) is 9.14. The van der Waals surface area contributed by atoms with E-state index in [0.717, 1.165) is 5.01 Å². The SMILES string of the molecule is O=C(O)[C@@H]1CCCN1[N+]([O-])=NO.[H-].[H-].[Na+].[Na+]. The first-order valence-electron chi connectivity index (χ1n) is 3.48. The molecular formula is C5H11N3Na2O4. The van der Waals surface area contributed by atoms with Crippen molar-refractivity contribution >= 4 is 5.97 Å². The molecule has 0 saturated carbocycles. The van der Waals surface area contributed by atoms with Crippen molar-refractivity contribution in [2.45, 2.75) is 18.9 Å². The molecule has 14 heavy (non-hydrogen) atoms. The van der Waals surface area contributed by atoms with Crippen LogP contribution in [0.5, 0.6) is 0 Å². The normalized spacial score (nSPS) is 21.0. The Morgan fingerprint density at radius 2 is 2.21 bits per heavy atom. The molecule has 0 radical (unpaired) electrons. The molecule has 0 aromatic carbocycles. The molecule has 1 aliphatic heterocycles. The van der Waals surface area contributed by atoms with Gasteiger partial charge in [-0.2, -0.15) is 0 Å². The summed E-state index contributed by atoms with van der Waals surface area (Å²) in [5.41, 5.74) is 0. The number of hydrazine groups is 1. The number of carboxylic acids is 1. The molecule has 0 aromatic rings. The van der Waals surface area contributed by atoms with E-state index in [9.17, 15) is 10.0 Å². The average molecular weight is 223 g/mol. The topological polar surface area (TPSA) is 99.2 Å². The molecule has 1 fully saturated rings. The number of carboxylic acid groups (broad SMARTS) is 1. The summed E-state index contributed by atoms with van der Waals surface area (Å²) < 4.78 is 0. The summed E-state index contributed by atoms with van der Waals surface area (Å²) in [5.74, 6) is -1.07. The molecule has 1 aliphatic rings. The smallest absolute Gasteiger partial charge is 1.00 e. The van der Waals surface area contributed by atoms with Crippen LogP contribution in [-0.4, -0.2) is 38.8 Å². The predicted molar refractivity (Wildman–Crippen MR) is 37.4 cm³/mol. The molecule has 9 heteroatoms. The molecular weight excluding hydrogens is 212 g/mol. The maximum absolute atomic E-state index is 10.7. The van der Waals surface area contributed by atoms with E-state index in [4.69, 9.17) is 10.3 Å². The van der Waals surface area contributed by atoms with E-state index in [2.05, 4.69) is 5.28 Å². The first kappa shape index (κ1) is 16.9. The molecule has 0 aliphatic carbocycles. The quantitative estimate of drug-likeness (QED) is 0.210. The molecule has 1 saturated heterocycles. The monoisotopic (exact) mass is 223 g/mol. The summed E-state index contributed by atoms with van der Waals surface area (Å²) in [5, 5.41) is 30.7. The molecule has 7 nitrogen and oxygen atoms in total. The van der Waals surface area contributed by atoms with Crippen LogP contribution >= 0.6 is 0 Å². The van der Waals surface area contributed by atoms with Crippen LogP contribution < -0.4 is 59.1 Å². The molecule has 0 bridgehead atoms. The second kappa shape index (κ2) is 7.72. The van der Waals surface area contributed by atoms with Gasteiger partial charge in [-0.15, -0.1) is 5.01 Å². The van der Waals surface area contributed by atoms with E-state index < -0.39 is 12.0 Å². The predicted octanol–water partition coefficient (Wildman–Crippen LogP) is -5.96. The Balaban J connectivity index is -0.000000180. The molecule has 1 atom stereocenters. The third kappa shape index (κ3) is 3.92. The minimum absolute atomic E-state index is 0. The Hall–Kier alpha value is 0.470. The van der Waals surface area contributed by atoms with Gasteiger partial charge in [-0.1, -0.05) is 0 Å². The van der Waals surface area contributed by atoms with Gasteiger partial charge in [0.25, 0.3) is 0 Å². The molecule has 0 unspecified atom stereocenters. The molecule has 0 spiro atoms. The molecule has 0 amide bonds. The van der Waals surface area contributed by atoms with Gasteiger partial charge in [0.15, 0.2) is 6.04 Å². The maximum atomic E-state index is 10.7. The van der Waals surface area contributed by atoms with Crippen molar-refractivity contribution in [2.24, 2.45) is 5.28 Å². The summed E-state index contributed by atoms with van der Waals surface area (Å²) in [7, 11) is 0. The minimum Gasteiger partial charge on any atom is -1.00 e. The molecule has 0 aromatic heterocycles. The van der Waals surface area contributed by atoms with Crippen LogP contribution in [-0.2, 0) is 4.79 Å². The van der Waals surface area contributed by atoms with Crippen molar-refractivity contribution in [3.8, 4) is 0 Å². The fourth-order valence-electron chi connectivity index (χ4n) is 1.26. The number of hydrogen-bond acceptors (Lipinski definition) is 3. The van der Waals surface area contributed by atoms with E-state index in [1.165, 1.54) is 0 Å². The van der Waals surface area contributed by atoms with Gasteiger partial charge < -0.3 is 18.4 Å². The summed E-state index contributed by atoms with van der Waals surface area (Å²) in [6, 6.07) is -0.863. The number of carbonyl (C=O) groups is 1. The maximum Gasteiger partial charge on any atom is 1.00 e. The number of aliphatic carboxylic acids is 1. The van der Waals surface area contributed by atoms with Crippen molar-refractivity contribution in [1.82, 2.24) is 5.01 Å². The molecule has 72 valence electrons. The number of hydrogen-bond donors (Lipinski definition) is 2. The fourth-order valence-corrected chi connectivity index (χ4v) is 1.26. The van der Waals surface area contributed by atoms with Crippen LogP contribution in [0.15, 0.2) is 5.28 Å². The van der Waals surface area contributed by atoms with Gasteiger partial charge in [0.2, 0.25) is 5.28 Å². The van der Waals surface area contributed by atoms with Gasteiger partial charge in [-0.3, -0.25) is 0 Å². The zero-order valence-electron chi connectivity index (χ0n) is 10.3. The fraction of sp³-hybridized carbons (Fsp3) is 0.800. The Morgan fingerprint density at radius 1 is 1.64 bits per heavy atom.